The van der Waals surface area contributed by atoms with Crippen molar-refractivity contribution in [3.8, 4) is 0 Å². The van der Waals surface area contributed by atoms with E-state index in [0.29, 0.717) is 5.88 Å². The number of nitrogens with zero attached hydrogens (tertiary/aromatic N) is 2. The number of nitrogens with two attached hydrogens (primary N) is 1. The van der Waals surface area contributed by atoms with Crippen LogP contribution in [0, 0.1) is 6.92 Å². The van der Waals surface area contributed by atoms with Crippen LogP contribution in [0.4, 0.5) is 5.88 Å². The summed E-state index contributed by atoms with van der Waals surface area (Å²) in [6, 6.07) is 0. The van der Waals surface area contributed by atoms with Crippen LogP contribution in [0.5, 0.6) is 0 Å². The molecule has 2 rings (SSSR count). The fraction of sp³-hybridized carbons (Fsp3) is 0.500. The maximum Gasteiger partial charge on any atom is 0.229 e. The van der Waals surface area contributed by atoms with Crippen molar-refractivity contribution < 1.29 is 4.52 Å². The standard InChI is InChI=1S/C10H15N3O/c1-7-9(10(11)14-12-7)8-4-3-5-13(2)6-8/h4H,3,5-6,11H2,1-2H3. The molecule has 0 aliphatic carbocycles. The van der Waals surface area contributed by atoms with Crippen molar-refractivity contribution in [3.05, 3.63) is 17.3 Å². The van der Waals surface area contributed by atoms with Crippen molar-refractivity contribution in [2.45, 2.75) is 13.3 Å². The number of anilines is 1. The molecule has 1 aromatic heterocycles. The number of hydrogen-bond acceptors (Lipinski definition) is 4. The Balaban J connectivity index is 2.35. The molecule has 0 bridgehead atoms. The third kappa shape index (κ3) is 1.53. The Morgan fingerprint density at radius 1 is 1.57 bits per heavy atom. The molecule has 1 aromatic rings. The van der Waals surface area contributed by atoms with Gasteiger partial charge in [0.2, 0.25) is 5.88 Å². The molecule has 1 aliphatic rings. The van der Waals surface area contributed by atoms with Crippen LogP contribution in [0.2, 0.25) is 0 Å². The van der Waals surface area contributed by atoms with Gasteiger partial charge < -0.3 is 15.2 Å². The van der Waals surface area contributed by atoms with Crippen molar-refractivity contribution in [2.24, 2.45) is 0 Å². The monoisotopic (exact) mass is 193 g/mol. The van der Waals surface area contributed by atoms with Crippen LogP contribution in [0.1, 0.15) is 17.7 Å². The highest BCUT2D eigenvalue weighted by atomic mass is 16.5. The Morgan fingerprint density at radius 2 is 2.36 bits per heavy atom. The predicted octanol–water partition coefficient (Wildman–Crippen LogP) is 1.28. The average Bonchev–Trinajstić information content (AvgIpc) is 2.46. The summed E-state index contributed by atoms with van der Waals surface area (Å²) in [5.74, 6) is 0.434. The van der Waals surface area contributed by atoms with Gasteiger partial charge in [-0.25, -0.2) is 0 Å². The zero-order valence-corrected chi connectivity index (χ0v) is 8.58. The van der Waals surface area contributed by atoms with E-state index in [1.54, 1.807) is 0 Å². The molecule has 1 aliphatic heterocycles. The van der Waals surface area contributed by atoms with Gasteiger partial charge in [-0.15, -0.1) is 0 Å². The van der Waals surface area contributed by atoms with Gasteiger partial charge >= 0.3 is 0 Å². The van der Waals surface area contributed by atoms with Crippen LogP contribution in [-0.4, -0.2) is 30.2 Å². The number of nitrogen functional groups attached to an aromatic ring is 1. The third-order valence-corrected chi connectivity index (χ3v) is 2.55. The van der Waals surface area contributed by atoms with Crippen molar-refractivity contribution in [3.63, 3.8) is 0 Å². The van der Waals surface area contributed by atoms with E-state index in [-0.39, 0.29) is 0 Å². The summed E-state index contributed by atoms with van der Waals surface area (Å²) in [6.45, 7) is 3.95. The maximum absolute atomic E-state index is 5.73. The molecule has 0 saturated heterocycles. The summed E-state index contributed by atoms with van der Waals surface area (Å²) in [5, 5.41) is 3.86. The molecule has 0 unspecified atom stereocenters. The Hall–Kier alpha value is -1.29. The molecule has 0 fully saturated rings. The second-order valence-corrected chi connectivity index (χ2v) is 3.76. The van der Waals surface area contributed by atoms with Gasteiger partial charge in [-0.3, -0.25) is 0 Å². The minimum absolute atomic E-state index is 0.434. The summed E-state index contributed by atoms with van der Waals surface area (Å²) >= 11 is 0. The molecule has 0 radical (unpaired) electrons. The Morgan fingerprint density at radius 3 is 2.93 bits per heavy atom. The largest absolute Gasteiger partial charge is 0.367 e. The van der Waals surface area contributed by atoms with E-state index in [9.17, 15) is 0 Å². The summed E-state index contributed by atoms with van der Waals surface area (Å²) < 4.78 is 4.95. The molecule has 0 amide bonds. The van der Waals surface area contributed by atoms with E-state index in [1.807, 2.05) is 6.92 Å². The number of aromatic nitrogens is 1. The predicted molar refractivity (Wildman–Crippen MR) is 55.7 cm³/mol. The first-order valence-electron chi connectivity index (χ1n) is 4.78. The van der Waals surface area contributed by atoms with Gasteiger partial charge in [-0.1, -0.05) is 11.2 Å². The van der Waals surface area contributed by atoms with E-state index < -0.39 is 0 Å². The highest BCUT2D eigenvalue weighted by Crippen LogP contribution is 2.27. The smallest absolute Gasteiger partial charge is 0.229 e. The number of likely N-dealkylation sites (N-methyl/N-ethyl adjacent to an activating group) is 1. The molecule has 4 heteroatoms. The summed E-state index contributed by atoms with van der Waals surface area (Å²) in [5.41, 5.74) is 8.82. The molecule has 0 atom stereocenters. The number of aryl methyl sites for hydroxylation is 1. The van der Waals surface area contributed by atoms with Gasteiger partial charge in [0.25, 0.3) is 0 Å². The van der Waals surface area contributed by atoms with Crippen LogP contribution in [-0.2, 0) is 0 Å². The van der Waals surface area contributed by atoms with E-state index in [0.717, 1.165) is 30.8 Å². The van der Waals surface area contributed by atoms with Crippen molar-refractivity contribution in [1.82, 2.24) is 10.1 Å². The topological polar surface area (TPSA) is 55.3 Å². The summed E-state index contributed by atoms with van der Waals surface area (Å²) in [6.07, 6.45) is 3.28. The Bertz CT molecular complexity index is 348. The maximum atomic E-state index is 5.73. The van der Waals surface area contributed by atoms with Crippen molar-refractivity contribution in [1.29, 1.82) is 0 Å². The molecule has 2 heterocycles. The minimum atomic E-state index is 0.434. The van der Waals surface area contributed by atoms with E-state index in [2.05, 4.69) is 23.2 Å². The Labute approximate surface area is 83.4 Å². The van der Waals surface area contributed by atoms with E-state index >= 15 is 0 Å². The lowest BCUT2D eigenvalue weighted by atomic mass is 10.0. The Kier molecular flexibility index (Phi) is 2.29. The van der Waals surface area contributed by atoms with Crippen LogP contribution in [0.25, 0.3) is 5.57 Å². The highest BCUT2D eigenvalue weighted by Gasteiger charge is 2.18. The molecule has 2 N–H and O–H groups in total. The third-order valence-electron chi connectivity index (χ3n) is 2.55. The minimum Gasteiger partial charge on any atom is -0.367 e. The van der Waals surface area contributed by atoms with Crippen LogP contribution in [0.3, 0.4) is 0 Å². The van der Waals surface area contributed by atoms with Gasteiger partial charge in [0.05, 0.1) is 11.3 Å². The fourth-order valence-electron chi connectivity index (χ4n) is 1.85. The lowest BCUT2D eigenvalue weighted by Crippen LogP contribution is -2.25. The van der Waals surface area contributed by atoms with Crippen molar-refractivity contribution in [2.75, 3.05) is 25.9 Å². The quantitative estimate of drug-likeness (QED) is 0.730. The molecule has 14 heavy (non-hydrogen) atoms. The van der Waals surface area contributed by atoms with Gasteiger partial charge in [0, 0.05) is 13.1 Å². The van der Waals surface area contributed by atoms with Gasteiger partial charge in [0.1, 0.15) is 0 Å². The second-order valence-electron chi connectivity index (χ2n) is 3.76. The average molecular weight is 193 g/mol. The lowest BCUT2D eigenvalue weighted by Gasteiger charge is -2.22. The summed E-state index contributed by atoms with van der Waals surface area (Å²) in [4.78, 5) is 2.27. The van der Waals surface area contributed by atoms with E-state index in [4.69, 9.17) is 10.3 Å². The molecular formula is C10H15N3O. The van der Waals surface area contributed by atoms with Gasteiger partial charge in [-0.2, -0.15) is 0 Å². The highest BCUT2D eigenvalue weighted by molar-refractivity contribution is 5.75. The molecule has 0 spiro atoms. The first-order chi connectivity index (χ1) is 6.68. The molecule has 0 aromatic carbocycles. The van der Waals surface area contributed by atoms with Gasteiger partial charge in [0.15, 0.2) is 0 Å². The SMILES string of the molecule is Cc1noc(N)c1C1=CCCN(C)C1. The normalized spacial score (nSPS) is 18.3. The van der Waals surface area contributed by atoms with Crippen LogP contribution < -0.4 is 5.73 Å². The molecule has 76 valence electrons. The zero-order chi connectivity index (χ0) is 10.1. The number of hydrogen-bond donors (Lipinski definition) is 1. The first-order valence-corrected chi connectivity index (χ1v) is 4.78. The number of rotatable bonds is 1. The second kappa shape index (κ2) is 3.46. The molecule has 0 saturated carbocycles. The zero-order valence-electron chi connectivity index (χ0n) is 8.58. The first kappa shape index (κ1) is 9.27. The van der Waals surface area contributed by atoms with E-state index in [1.165, 1.54) is 5.57 Å². The molecular weight excluding hydrogens is 178 g/mol. The van der Waals surface area contributed by atoms with Gasteiger partial charge in [-0.05, 0) is 26.0 Å². The van der Waals surface area contributed by atoms with Crippen LogP contribution >= 0.6 is 0 Å². The van der Waals surface area contributed by atoms with Crippen LogP contribution in [0.15, 0.2) is 10.6 Å². The fourth-order valence-corrected chi connectivity index (χ4v) is 1.85. The van der Waals surface area contributed by atoms with Crippen molar-refractivity contribution >= 4 is 11.5 Å². The lowest BCUT2D eigenvalue weighted by molar-refractivity contribution is 0.372. The molecule has 4 nitrogen and oxygen atoms in total. The summed E-state index contributed by atoms with van der Waals surface area (Å²) in [7, 11) is 2.10.